The highest BCUT2D eigenvalue weighted by molar-refractivity contribution is 6.71. The van der Waals surface area contributed by atoms with Gasteiger partial charge in [0.15, 0.2) is 0 Å². The predicted octanol–water partition coefficient (Wildman–Crippen LogP) is 2.73. The number of oxime groups is 1. The van der Waals surface area contributed by atoms with Crippen LogP contribution in [-0.2, 0) is 18.5 Å². The molecule has 0 heterocycles. The molecular weight excluding hydrogens is 266 g/mol. The number of carbonyl (C=O) groups is 1. The van der Waals surface area contributed by atoms with Crippen molar-refractivity contribution < 1.29 is 18.5 Å². The summed E-state index contributed by atoms with van der Waals surface area (Å²) >= 11 is 0. The van der Waals surface area contributed by atoms with Crippen LogP contribution in [0.2, 0.25) is 39.3 Å². The van der Waals surface area contributed by atoms with Crippen molar-refractivity contribution in [3.63, 3.8) is 0 Å². The number of hydrogen-bond donors (Lipinski definition) is 0. The van der Waals surface area contributed by atoms with Gasteiger partial charge in [0.25, 0.3) is 8.32 Å². The van der Waals surface area contributed by atoms with E-state index in [1.54, 1.807) is 0 Å². The molecule has 0 aromatic carbocycles. The molecule has 7 heteroatoms. The van der Waals surface area contributed by atoms with E-state index in [1.807, 2.05) is 39.3 Å². The lowest BCUT2D eigenvalue weighted by Gasteiger charge is -2.21. The van der Waals surface area contributed by atoms with Crippen LogP contribution in [0.4, 0.5) is 0 Å². The zero-order valence-corrected chi connectivity index (χ0v) is 14.3. The van der Waals surface area contributed by atoms with Crippen LogP contribution in [0.1, 0.15) is 0 Å². The molecule has 0 aliphatic heterocycles. The van der Waals surface area contributed by atoms with Crippen molar-refractivity contribution in [2.45, 2.75) is 39.3 Å². The highest BCUT2D eigenvalue weighted by atomic mass is 28.4. The molecule has 0 atom stereocenters. The van der Waals surface area contributed by atoms with Crippen LogP contribution in [0.15, 0.2) is 17.5 Å². The van der Waals surface area contributed by atoms with Crippen molar-refractivity contribution in [2.24, 2.45) is 5.16 Å². The fourth-order valence-corrected chi connectivity index (χ4v) is 2.10. The second-order valence-electron chi connectivity index (χ2n) is 5.77. The predicted molar refractivity (Wildman–Crippen MR) is 77.5 cm³/mol. The summed E-state index contributed by atoms with van der Waals surface area (Å²) in [5.74, 6) is -0.393. The van der Waals surface area contributed by atoms with Gasteiger partial charge in [-0.15, -0.1) is 0 Å². The molecule has 104 valence electrons. The smallest absolute Gasteiger partial charge is 0.363 e. The highest BCUT2D eigenvalue weighted by Gasteiger charge is 2.26. The van der Waals surface area contributed by atoms with E-state index in [-0.39, 0.29) is 11.5 Å². The van der Waals surface area contributed by atoms with Gasteiger partial charge in [-0.25, -0.2) is 4.79 Å². The summed E-state index contributed by atoms with van der Waals surface area (Å²) in [6, 6.07) is 0. The summed E-state index contributed by atoms with van der Waals surface area (Å²) in [6.07, 6.45) is 0. The molecule has 0 amide bonds. The van der Waals surface area contributed by atoms with Crippen LogP contribution in [0.3, 0.4) is 0 Å². The third-order valence-corrected chi connectivity index (χ3v) is 2.98. The molecule has 0 N–H and O–H groups in total. The van der Waals surface area contributed by atoms with Crippen molar-refractivity contribution in [1.29, 1.82) is 0 Å². The molecule has 0 aromatic heterocycles. The Hall–Kier alpha value is -1.09. The first kappa shape index (κ1) is 16.9. The molecule has 0 radical (unpaired) electrons. The number of methoxy groups -OCH3 is 1. The number of rotatable bonds is 6. The Balaban J connectivity index is 5.02. The van der Waals surface area contributed by atoms with Gasteiger partial charge in [0, 0.05) is 0 Å². The van der Waals surface area contributed by atoms with Gasteiger partial charge in [0.1, 0.15) is 5.76 Å². The molecule has 0 bridgehead atoms. The quantitative estimate of drug-likeness (QED) is 0.248. The van der Waals surface area contributed by atoms with Gasteiger partial charge in [-0.05, 0) is 39.3 Å². The number of ether oxygens (including phenoxy) is 1. The van der Waals surface area contributed by atoms with E-state index in [9.17, 15) is 4.79 Å². The summed E-state index contributed by atoms with van der Waals surface area (Å²) in [6.45, 7) is 15.6. The zero-order chi connectivity index (χ0) is 14.6. The van der Waals surface area contributed by atoms with Gasteiger partial charge in [0.05, 0.1) is 7.11 Å². The molecule has 0 aliphatic carbocycles. The van der Waals surface area contributed by atoms with E-state index >= 15 is 0 Å². The van der Waals surface area contributed by atoms with E-state index in [1.165, 1.54) is 7.11 Å². The molecular formula is C11H23NO4Si2. The molecule has 18 heavy (non-hydrogen) atoms. The van der Waals surface area contributed by atoms with Gasteiger partial charge in [-0.1, -0.05) is 11.7 Å². The van der Waals surface area contributed by atoms with Gasteiger partial charge in [-0.2, -0.15) is 0 Å². The van der Waals surface area contributed by atoms with Crippen LogP contribution < -0.4 is 0 Å². The average molecular weight is 289 g/mol. The van der Waals surface area contributed by atoms with Crippen LogP contribution in [-0.4, -0.2) is 35.4 Å². The Bertz CT molecular complexity index is 353. The van der Waals surface area contributed by atoms with E-state index in [0.29, 0.717) is 0 Å². The highest BCUT2D eigenvalue weighted by Crippen LogP contribution is 2.12. The van der Waals surface area contributed by atoms with E-state index < -0.39 is 22.6 Å². The Morgan fingerprint density at radius 2 is 1.56 bits per heavy atom. The third-order valence-electron chi connectivity index (χ3n) is 1.48. The summed E-state index contributed by atoms with van der Waals surface area (Å²) < 4.78 is 15.6. The Kier molecular flexibility index (Phi) is 5.82. The second kappa shape index (κ2) is 6.19. The fourth-order valence-electron chi connectivity index (χ4n) is 0.899. The van der Waals surface area contributed by atoms with Crippen molar-refractivity contribution in [3.8, 4) is 0 Å². The largest absolute Gasteiger partial charge is 0.543 e. The summed E-state index contributed by atoms with van der Waals surface area (Å²) in [7, 11) is -2.43. The number of hydrogen-bond acceptors (Lipinski definition) is 5. The summed E-state index contributed by atoms with van der Waals surface area (Å²) in [5, 5.41) is 3.85. The average Bonchev–Trinajstić information content (AvgIpc) is 2.12. The molecule has 0 unspecified atom stereocenters. The summed E-state index contributed by atoms with van der Waals surface area (Å²) in [5.41, 5.74) is 0.00218. The molecule has 0 spiro atoms. The SMILES string of the molecule is C=C(O[Si](C)(C)C)C(=NO[Si](C)(C)C)C(=O)OC. The normalized spacial score (nSPS) is 12.9. The first-order valence-corrected chi connectivity index (χ1v) is 12.5. The lowest BCUT2D eigenvalue weighted by molar-refractivity contribution is -0.132. The first-order valence-electron chi connectivity index (χ1n) is 5.69. The molecule has 0 saturated carbocycles. The minimum Gasteiger partial charge on any atom is -0.543 e. The maximum absolute atomic E-state index is 11.6. The monoisotopic (exact) mass is 289 g/mol. The van der Waals surface area contributed by atoms with E-state index in [0.717, 1.165) is 0 Å². The Labute approximate surface area is 111 Å². The van der Waals surface area contributed by atoms with Crippen LogP contribution >= 0.6 is 0 Å². The van der Waals surface area contributed by atoms with Gasteiger partial charge < -0.3 is 13.7 Å². The Morgan fingerprint density at radius 3 is 1.89 bits per heavy atom. The van der Waals surface area contributed by atoms with Crippen molar-refractivity contribution >= 4 is 28.3 Å². The van der Waals surface area contributed by atoms with Gasteiger partial charge >= 0.3 is 5.97 Å². The van der Waals surface area contributed by atoms with Crippen LogP contribution in [0.25, 0.3) is 0 Å². The van der Waals surface area contributed by atoms with E-state index in [4.69, 9.17) is 8.95 Å². The number of carbonyl (C=O) groups excluding carboxylic acids is 1. The Morgan fingerprint density at radius 1 is 1.06 bits per heavy atom. The summed E-state index contributed by atoms with van der Waals surface area (Å²) in [4.78, 5) is 11.6. The molecule has 0 rings (SSSR count). The van der Waals surface area contributed by atoms with Crippen molar-refractivity contribution in [3.05, 3.63) is 12.3 Å². The minimum atomic E-state index is -1.86. The lowest BCUT2D eigenvalue weighted by Crippen LogP contribution is -2.31. The number of esters is 1. The van der Waals surface area contributed by atoms with Crippen molar-refractivity contribution in [1.82, 2.24) is 0 Å². The maximum Gasteiger partial charge on any atom is 0.363 e. The zero-order valence-electron chi connectivity index (χ0n) is 12.3. The lowest BCUT2D eigenvalue weighted by atomic mass is 10.3. The fraction of sp³-hybridized carbons (Fsp3) is 0.636. The second-order valence-corrected chi connectivity index (χ2v) is 14.6. The molecule has 0 aromatic rings. The van der Waals surface area contributed by atoms with Gasteiger partial charge in [0.2, 0.25) is 14.0 Å². The topological polar surface area (TPSA) is 57.1 Å². The third kappa shape index (κ3) is 7.28. The van der Waals surface area contributed by atoms with Crippen molar-refractivity contribution in [2.75, 3.05) is 7.11 Å². The molecule has 5 nitrogen and oxygen atoms in total. The maximum atomic E-state index is 11.6. The molecule has 0 aliphatic rings. The number of nitrogens with zero attached hydrogens (tertiary/aromatic N) is 1. The standard InChI is InChI=1S/C11H23NO4Si2/c1-9(15-17(3,4)5)10(11(13)14-2)12-16-18(6,7)8/h1H2,2-8H3. The van der Waals surface area contributed by atoms with Crippen LogP contribution in [0, 0.1) is 0 Å². The first-order chi connectivity index (χ1) is 7.96. The molecule has 0 fully saturated rings. The van der Waals surface area contributed by atoms with Crippen LogP contribution in [0.5, 0.6) is 0 Å². The minimum absolute atomic E-state index is 0.00218. The van der Waals surface area contributed by atoms with Gasteiger partial charge in [-0.3, -0.25) is 0 Å². The van der Waals surface area contributed by atoms with E-state index in [2.05, 4.69) is 16.5 Å². The molecule has 0 saturated heterocycles.